The lowest BCUT2D eigenvalue weighted by Crippen LogP contribution is -2.30. The van der Waals surface area contributed by atoms with Gasteiger partial charge in [-0.05, 0) is 61.0 Å². The predicted molar refractivity (Wildman–Crippen MR) is 118 cm³/mol. The van der Waals surface area contributed by atoms with Crippen LogP contribution in [0.2, 0.25) is 0 Å². The van der Waals surface area contributed by atoms with Crippen molar-refractivity contribution in [1.29, 1.82) is 0 Å². The van der Waals surface area contributed by atoms with Gasteiger partial charge >= 0.3 is 12.3 Å². The molecule has 1 aliphatic heterocycles. The number of ketones is 1. The van der Waals surface area contributed by atoms with Crippen LogP contribution in [-0.4, -0.2) is 40.5 Å². The van der Waals surface area contributed by atoms with Crippen molar-refractivity contribution in [3.63, 3.8) is 0 Å². The number of hydrogen-bond donors (Lipinski definition) is 1. The van der Waals surface area contributed by atoms with Crippen molar-refractivity contribution in [1.82, 2.24) is 10.2 Å². The number of aryl methyl sites for hydroxylation is 1. The Bertz CT molecular complexity index is 1290. The first-order chi connectivity index (χ1) is 16.6. The lowest BCUT2D eigenvalue weighted by atomic mass is 9.95. The average Bonchev–Trinajstić information content (AvgIpc) is 3.09. The molecule has 1 fully saturated rings. The molecule has 0 spiro atoms. The highest BCUT2D eigenvalue weighted by molar-refractivity contribution is 6.51. The van der Waals surface area contributed by atoms with Crippen molar-refractivity contribution in [2.75, 3.05) is 12.0 Å². The highest BCUT2D eigenvalue weighted by atomic mass is 19.4. The van der Waals surface area contributed by atoms with Crippen LogP contribution in [0, 0.1) is 6.92 Å². The Kier molecular flexibility index (Phi) is 6.16. The van der Waals surface area contributed by atoms with Crippen LogP contribution in [-0.2, 0) is 9.59 Å². The molecule has 180 valence electrons. The van der Waals surface area contributed by atoms with Gasteiger partial charge in [-0.15, -0.1) is 18.3 Å². The van der Waals surface area contributed by atoms with Gasteiger partial charge in [-0.3, -0.25) is 14.5 Å². The summed E-state index contributed by atoms with van der Waals surface area (Å²) in [5.74, 6) is -2.38. The smallest absolute Gasteiger partial charge is 0.507 e. The highest BCUT2D eigenvalue weighted by Crippen LogP contribution is 2.42. The minimum Gasteiger partial charge on any atom is -0.507 e. The number of benzene rings is 2. The van der Waals surface area contributed by atoms with Gasteiger partial charge in [0.1, 0.15) is 17.3 Å². The number of methoxy groups -OCH3 is 1. The third-order valence-electron chi connectivity index (χ3n) is 5.27. The Labute approximate surface area is 197 Å². The molecule has 1 saturated heterocycles. The van der Waals surface area contributed by atoms with E-state index >= 15 is 0 Å². The van der Waals surface area contributed by atoms with Crippen molar-refractivity contribution in [2.24, 2.45) is 0 Å². The summed E-state index contributed by atoms with van der Waals surface area (Å²) in [4.78, 5) is 27.2. The van der Waals surface area contributed by atoms with E-state index in [0.717, 1.165) is 29.2 Å². The number of rotatable bonds is 5. The molecule has 1 N–H and O–H groups in total. The van der Waals surface area contributed by atoms with E-state index in [4.69, 9.17) is 4.74 Å². The monoisotopic (exact) mass is 485 g/mol. The number of carbonyl (C=O) groups excluding carboxylic acids is 2. The zero-order valence-electron chi connectivity index (χ0n) is 18.4. The van der Waals surface area contributed by atoms with Gasteiger partial charge in [-0.2, -0.15) is 5.10 Å². The Hall–Kier alpha value is -4.41. The van der Waals surface area contributed by atoms with Crippen LogP contribution in [0.1, 0.15) is 22.9 Å². The number of carbonyl (C=O) groups is 2. The van der Waals surface area contributed by atoms with E-state index in [2.05, 4.69) is 14.9 Å². The molecule has 8 nitrogen and oxygen atoms in total. The van der Waals surface area contributed by atoms with Crippen LogP contribution < -0.4 is 14.4 Å². The van der Waals surface area contributed by atoms with Crippen LogP contribution in [0.15, 0.2) is 66.2 Å². The third-order valence-corrected chi connectivity index (χ3v) is 5.27. The molecule has 1 aromatic heterocycles. The number of anilines is 1. The zero-order valence-corrected chi connectivity index (χ0v) is 18.4. The Morgan fingerprint density at radius 2 is 1.57 bits per heavy atom. The van der Waals surface area contributed by atoms with Gasteiger partial charge in [0.05, 0.1) is 24.4 Å². The van der Waals surface area contributed by atoms with Gasteiger partial charge in [-0.25, -0.2) is 0 Å². The first kappa shape index (κ1) is 23.7. The summed E-state index contributed by atoms with van der Waals surface area (Å²) in [6.07, 6.45) is -4.88. The molecule has 11 heteroatoms. The Morgan fingerprint density at radius 3 is 2.11 bits per heavy atom. The molecule has 4 rings (SSSR count). The molecule has 3 aromatic rings. The van der Waals surface area contributed by atoms with Gasteiger partial charge in [0.15, 0.2) is 5.82 Å². The predicted octanol–water partition coefficient (Wildman–Crippen LogP) is 4.32. The maximum atomic E-state index is 13.1. The van der Waals surface area contributed by atoms with E-state index in [-0.39, 0.29) is 17.0 Å². The number of aliphatic hydroxyl groups is 1. The normalized spacial score (nSPS) is 17.5. The van der Waals surface area contributed by atoms with Gasteiger partial charge in [0.2, 0.25) is 0 Å². The molecule has 1 amide bonds. The Morgan fingerprint density at radius 1 is 0.943 bits per heavy atom. The summed E-state index contributed by atoms with van der Waals surface area (Å²) in [6, 6.07) is 12.8. The molecule has 2 aromatic carbocycles. The molecule has 1 unspecified atom stereocenters. The number of ether oxygens (including phenoxy) is 2. The first-order valence-corrected chi connectivity index (χ1v) is 10.2. The number of nitrogens with zero attached hydrogens (tertiary/aromatic N) is 3. The molecule has 1 atom stereocenters. The number of aliphatic hydroxyl groups excluding tert-OH is 1. The molecule has 35 heavy (non-hydrogen) atoms. The molecule has 0 radical (unpaired) electrons. The van der Waals surface area contributed by atoms with Gasteiger partial charge in [0.25, 0.3) is 5.78 Å². The lowest BCUT2D eigenvalue weighted by Gasteiger charge is -2.24. The standard InChI is InChI=1S/C24H18F3N3O5/c1-13-3-12-18(29-28-13)30-20(14-4-8-16(34-2)9-5-14)19(22(32)23(30)33)21(31)15-6-10-17(11-7-15)35-24(25,26)27/h3-12,20,31H,1-2H3. The van der Waals surface area contributed by atoms with E-state index in [9.17, 15) is 27.9 Å². The van der Waals surface area contributed by atoms with Gasteiger partial charge in [-0.1, -0.05) is 12.1 Å². The number of aromatic nitrogens is 2. The van der Waals surface area contributed by atoms with Crippen LogP contribution in [0.5, 0.6) is 11.5 Å². The lowest BCUT2D eigenvalue weighted by molar-refractivity contribution is -0.274. The van der Waals surface area contributed by atoms with Gasteiger partial charge < -0.3 is 14.6 Å². The Balaban J connectivity index is 1.84. The number of alkyl halides is 3. The molecule has 1 aliphatic rings. The summed E-state index contributed by atoms with van der Waals surface area (Å²) >= 11 is 0. The average molecular weight is 485 g/mol. The van der Waals surface area contributed by atoms with Crippen molar-refractivity contribution >= 4 is 23.3 Å². The fourth-order valence-corrected chi connectivity index (χ4v) is 3.66. The van der Waals surface area contributed by atoms with Crippen LogP contribution in [0.3, 0.4) is 0 Å². The number of Topliss-reactive ketones (excluding diaryl/α,β-unsaturated/α-hetero) is 1. The quantitative estimate of drug-likeness (QED) is 0.326. The third kappa shape index (κ3) is 4.79. The topological polar surface area (TPSA) is 102 Å². The summed E-state index contributed by atoms with van der Waals surface area (Å²) in [7, 11) is 1.48. The molecule has 0 bridgehead atoms. The molecule has 2 heterocycles. The number of halogens is 3. The second-order valence-electron chi connectivity index (χ2n) is 7.55. The number of hydrogen-bond acceptors (Lipinski definition) is 7. The van der Waals surface area contributed by atoms with Crippen LogP contribution in [0.25, 0.3) is 5.76 Å². The van der Waals surface area contributed by atoms with Crippen molar-refractivity contribution in [3.05, 3.63) is 83.1 Å². The van der Waals surface area contributed by atoms with Crippen molar-refractivity contribution in [3.8, 4) is 11.5 Å². The SMILES string of the molecule is COc1ccc(C2C(=C(O)c3ccc(OC(F)(F)F)cc3)C(=O)C(=O)N2c2ccc(C)nn2)cc1. The molecular weight excluding hydrogens is 467 g/mol. The van der Waals surface area contributed by atoms with E-state index < -0.39 is 35.6 Å². The summed E-state index contributed by atoms with van der Waals surface area (Å²) < 4.78 is 46.4. The fourth-order valence-electron chi connectivity index (χ4n) is 3.66. The van der Waals surface area contributed by atoms with E-state index in [0.29, 0.717) is 17.0 Å². The van der Waals surface area contributed by atoms with Crippen molar-refractivity contribution < 1.29 is 37.3 Å². The summed E-state index contributed by atoms with van der Waals surface area (Å²) in [5.41, 5.74) is 0.816. The molecule has 0 saturated carbocycles. The first-order valence-electron chi connectivity index (χ1n) is 10.2. The largest absolute Gasteiger partial charge is 0.573 e. The molecule has 0 aliphatic carbocycles. The van der Waals surface area contributed by atoms with Crippen LogP contribution >= 0.6 is 0 Å². The number of amides is 1. The second kappa shape index (κ2) is 9.09. The zero-order chi connectivity index (χ0) is 25.3. The maximum Gasteiger partial charge on any atom is 0.573 e. The van der Waals surface area contributed by atoms with E-state index in [1.54, 1.807) is 37.3 Å². The fraction of sp³-hybridized carbons (Fsp3) is 0.167. The second-order valence-corrected chi connectivity index (χ2v) is 7.55. The van der Waals surface area contributed by atoms with Gasteiger partial charge in [0, 0.05) is 5.56 Å². The summed E-state index contributed by atoms with van der Waals surface area (Å²) in [6.45, 7) is 1.71. The summed E-state index contributed by atoms with van der Waals surface area (Å²) in [5, 5.41) is 19.0. The van der Waals surface area contributed by atoms with Crippen molar-refractivity contribution in [2.45, 2.75) is 19.3 Å². The minimum atomic E-state index is -4.88. The van der Waals surface area contributed by atoms with Crippen LogP contribution in [0.4, 0.5) is 19.0 Å². The van der Waals surface area contributed by atoms with E-state index in [1.165, 1.54) is 13.2 Å². The minimum absolute atomic E-state index is 0.0195. The van der Waals surface area contributed by atoms with E-state index in [1.807, 2.05) is 0 Å². The molecular formula is C24H18F3N3O5. The highest BCUT2D eigenvalue weighted by Gasteiger charge is 2.47. The maximum absolute atomic E-state index is 13.1.